The topological polar surface area (TPSA) is 102 Å². The molecule has 3 aromatic rings. The molecule has 2 saturated carbocycles. The molecule has 5 rings (SSSR count). The molecular weight excluding hydrogens is 370 g/mol. The van der Waals surface area contributed by atoms with Crippen LogP contribution in [0.4, 0.5) is 8.78 Å². The zero-order valence-corrected chi connectivity index (χ0v) is 15.4. The molecule has 0 aromatic carbocycles. The van der Waals surface area contributed by atoms with Gasteiger partial charge in [-0.05, 0) is 32.6 Å². The van der Waals surface area contributed by atoms with E-state index in [2.05, 4.69) is 25.2 Å². The Morgan fingerprint density at radius 2 is 1.93 bits per heavy atom. The number of hydrogen-bond acceptors (Lipinski definition) is 6. The Morgan fingerprint density at radius 3 is 2.57 bits per heavy atom. The van der Waals surface area contributed by atoms with Gasteiger partial charge < -0.3 is 9.51 Å². The standard InChI is InChI=1S/C18H20F2N6O2/c1-9-22-17(28-25-9)12-3-2-11(12)14-23-15-13(16(27)24-14)8-21-26(15)10-4-6-18(19,20)7-5-10/h8,10-12H,2-7H2,1H3,(H,23,24,27)/t11-,12-/m1/s1. The molecule has 0 radical (unpaired) electrons. The molecule has 3 heterocycles. The number of nitrogens with one attached hydrogen (secondary N) is 1. The second-order valence-electron chi connectivity index (χ2n) is 7.83. The van der Waals surface area contributed by atoms with Gasteiger partial charge in [-0.25, -0.2) is 18.4 Å². The monoisotopic (exact) mass is 390 g/mol. The van der Waals surface area contributed by atoms with Crippen molar-refractivity contribution in [1.29, 1.82) is 0 Å². The predicted octanol–water partition coefficient (Wildman–Crippen LogP) is 3.22. The number of H-pyrrole nitrogens is 1. The van der Waals surface area contributed by atoms with Crippen LogP contribution in [-0.4, -0.2) is 35.8 Å². The van der Waals surface area contributed by atoms with Gasteiger partial charge in [-0.3, -0.25) is 4.79 Å². The van der Waals surface area contributed by atoms with E-state index in [1.807, 2.05) is 0 Å². The van der Waals surface area contributed by atoms with Crippen molar-refractivity contribution in [3.63, 3.8) is 0 Å². The van der Waals surface area contributed by atoms with Gasteiger partial charge in [-0.15, -0.1) is 0 Å². The number of rotatable bonds is 3. The first-order valence-electron chi connectivity index (χ1n) is 9.57. The minimum absolute atomic E-state index is 0.0176. The van der Waals surface area contributed by atoms with Crippen LogP contribution in [0.3, 0.4) is 0 Å². The Bertz CT molecular complexity index is 1080. The third-order valence-corrected chi connectivity index (χ3v) is 6.00. The van der Waals surface area contributed by atoms with Gasteiger partial charge in [-0.2, -0.15) is 10.1 Å². The maximum absolute atomic E-state index is 13.5. The number of alkyl halides is 2. The number of aromatic nitrogens is 6. The summed E-state index contributed by atoms with van der Waals surface area (Å²) >= 11 is 0. The Morgan fingerprint density at radius 1 is 1.18 bits per heavy atom. The van der Waals surface area contributed by atoms with Gasteiger partial charge in [0.2, 0.25) is 11.8 Å². The van der Waals surface area contributed by atoms with Crippen LogP contribution in [0.5, 0.6) is 0 Å². The van der Waals surface area contributed by atoms with Gasteiger partial charge in [0, 0.05) is 24.7 Å². The lowest BCUT2D eigenvalue weighted by Crippen LogP contribution is -2.28. The van der Waals surface area contributed by atoms with Gasteiger partial charge in [0.1, 0.15) is 11.2 Å². The zero-order chi connectivity index (χ0) is 19.5. The van der Waals surface area contributed by atoms with E-state index < -0.39 is 5.92 Å². The van der Waals surface area contributed by atoms with E-state index in [1.165, 1.54) is 6.20 Å². The van der Waals surface area contributed by atoms with E-state index in [9.17, 15) is 13.6 Å². The lowest BCUT2D eigenvalue weighted by Gasteiger charge is -2.33. The molecule has 3 aromatic heterocycles. The van der Waals surface area contributed by atoms with Crippen molar-refractivity contribution in [1.82, 2.24) is 29.9 Å². The fourth-order valence-corrected chi connectivity index (χ4v) is 4.25. The summed E-state index contributed by atoms with van der Waals surface area (Å²) in [7, 11) is 0. The van der Waals surface area contributed by atoms with Gasteiger partial charge in [0.15, 0.2) is 11.5 Å². The highest BCUT2D eigenvalue weighted by Crippen LogP contribution is 2.47. The largest absolute Gasteiger partial charge is 0.339 e. The Labute approximate surface area is 158 Å². The molecule has 10 heteroatoms. The molecule has 1 N–H and O–H groups in total. The van der Waals surface area contributed by atoms with Gasteiger partial charge in [0.25, 0.3) is 5.56 Å². The van der Waals surface area contributed by atoms with Crippen molar-refractivity contribution in [2.45, 2.75) is 69.2 Å². The van der Waals surface area contributed by atoms with E-state index in [0.717, 1.165) is 12.8 Å². The van der Waals surface area contributed by atoms with E-state index in [4.69, 9.17) is 4.52 Å². The van der Waals surface area contributed by atoms with Crippen LogP contribution in [0.15, 0.2) is 15.5 Å². The molecule has 0 bridgehead atoms. The molecule has 2 aliphatic carbocycles. The van der Waals surface area contributed by atoms with Crippen LogP contribution >= 0.6 is 0 Å². The van der Waals surface area contributed by atoms with Crippen LogP contribution < -0.4 is 5.56 Å². The highest BCUT2D eigenvalue weighted by molar-refractivity contribution is 5.73. The number of aryl methyl sites for hydroxylation is 1. The highest BCUT2D eigenvalue weighted by Gasteiger charge is 2.40. The third kappa shape index (κ3) is 2.82. The van der Waals surface area contributed by atoms with Crippen molar-refractivity contribution in [2.75, 3.05) is 0 Å². The van der Waals surface area contributed by atoms with Crippen molar-refractivity contribution in [3.05, 3.63) is 34.1 Å². The number of nitrogens with zero attached hydrogens (tertiary/aromatic N) is 5. The van der Waals surface area contributed by atoms with Gasteiger partial charge >= 0.3 is 0 Å². The van der Waals surface area contributed by atoms with Crippen LogP contribution in [-0.2, 0) is 0 Å². The SMILES string of the molecule is Cc1noc([C@@H]2CC[C@H]2c2nc3c(cnn3C3CCC(F)(F)CC3)c(=O)[nH]2)n1. The van der Waals surface area contributed by atoms with Crippen molar-refractivity contribution < 1.29 is 13.3 Å². The van der Waals surface area contributed by atoms with Crippen molar-refractivity contribution in [3.8, 4) is 0 Å². The number of fused-ring (bicyclic) bond motifs is 1. The summed E-state index contributed by atoms with van der Waals surface area (Å²) in [5.74, 6) is -0.920. The first-order chi connectivity index (χ1) is 13.4. The summed E-state index contributed by atoms with van der Waals surface area (Å²) in [4.78, 5) is 24.4. The molecule has 2 atom stereocenters. The summed E-state index contributed by atoms with van der Waals surface area (Å²) in [6.45, 7) is 1.76. The molecule has 0 aliphatic heterocycles. The molecule has 0 spiro atoms. The molecule has 0 unspecified atom stereocenters. The normalized spacial score (nSPS) is 25.1. The molecule has 148 valence electrons. The average molecular weight is 390 g/mol. The average Bonchev–Trinajstić information content (AvgIpc) is 3.21. The molecular formula is C18H20F2N6O2. The van der Waals surface area contributed by atoms with Gasteiger partial charge in [0.05, 0.1) is 12.2 Å². The fourth-order valence-electron chi connectivity index (χ4n) is 4.25. The summed E-state index contributed by atoms with van der Waals surface area (Å²) in [5, 5.41) is 8.52. The van der Waals surface area contributed by atoms with Crippen LogP contribution in [0.1, 0.15) is 73.9 Å². The lowest BCUT2D eigenvalue weighted by atomic mass is 9.73. The van der Waals surface area contributed by atoms with E-state index >= 15 is 0 Å². The first kappa shape index (κ1) is 17.4. The maximum atomic E-state index is 13.5. The molecule has 0 amide bonds. The predicted molar refractivity (Wildman–Crippen MR) is 94.4 cm³/mol. The summed E-state index contributed by atoms with van der Waals surface area (Å²) in [6, 6.07) is -0.171. The second-order valence-corrected chi connectivity index (χ2v) is 7.83. The molecule has 2 fully saturated rings. The molecule has 2 aliphatic rings. The fraction of sp³-hybridized carbons (Fsp3) is 0.611. The third-order valence-electron chi connectivity index (χ3n) is 6.00. The molecule has 0 saturated heterocycles. The Kier molecular flexibility index (Phi) is 3.85. The Hall–Kier alpha value is -2.65. The quantitative estimate of drug-likeness (QED) is 0.737. The number of hydrogen-bond donors (Lipinski definition) is 1. The molecule has 28 heavy (non-hydrogen) atoms. The lowest BCUT2D eigenvalue weighted by molar-refractivity contribution is -0.0446. The summed E-state index contributed by atoms with van der Waals surface area (Å²) in [6.07, 6.45) is 3.50. The van der Waals surface area contributed by atoms with Crippen LogP contribution in [0.25, 0.3) is 11.0 Å². The smallest absolute Gasteiger partial charge is 0.262 e. The Balaban J connectivity index is 1.49. The van der Waals surface area contributed by atoms with E-state index in [-0.39, 0.29) is 36.3 Å². The van der Waals surface area contributed by atoms with E-state index in [0.29, 0.717) is 41.4 Å². The summed E-state index contributed by atoms with van der Waals surface area (Å²) < 4.78 is 34.0. The van der Waals surface area contributed by atoms with Crippen molar-refractivity contribution in [2.24, 2.45) is 0 Å². The van der Waals surface area contributed by atoms with Gasteiger partial charge in [-0.1, -0.05) is 5.16 Å². The highest BCUT2D eigenvalue weighted by atomic mass is 19.3. The van der Waals surface area contributed by atoms with E-state index in [1.54, 1.807) is 11.6 Å². The number of aromatic amines is 1. The zero-order valence-electron chi connectivity index (χ0n) is 15.4. The number of halogens is 2. The minimum atomic E-state index is -2.61. The second kappa shape index (κ2) is 6.18. The first-order valence-corrected chi connectivity index (χ1v) is 9.57. The van der Waals surface area contributed by atoms with Crippen molar-refractivity contribution >= 4 is 11.0 Å². The summed E-state index contributed by atoms with van der Waals surface area (Å²) in [5.41, 5.74) is 0.195. The molecule has 8 nitrogen and oxygen atoms in total. The van der Waals surface area contributed by atoms with Crippen LogP contribution in [0, 0.1) is 6.92 Å². The van der Waals surface area contributed by atoms with Crippen LogP contribution in [0.2, 0.25) is 0 Å². The minimum Gasteiger partial charge on any atom is -0.339 e. The maximum Gasteiger partial charge on any atom is 0.262 e.